The number of carbonyl (C=O) groups excluding carboxylic acids is 2. The van der Waals surface area contributed by atoms with Gasteiger partial charge in [0.15, 0.2) is 0 Å². The Labute approximate surface area is 149 Å². The molecule has 1 aliphatic rings. The number of rotatable bonds is 9. The van der Waals surface area contributed by atoms with Crippen LogP contribution in [0.3, 0.4) is 0 Å². The highest BCUT2D eigenvalue weighted by Gasteiger charge is 2.29. The highest BCUT2D eigenvalue weighted by molar-refractivity contribution is 5.94. The molecule has 6 nitrogen and oxygen atoms in total. The van der Waals surface area contributed by atoms with E-state index in [9.17, 15) is 14.7 Å². The summed E-state index contributed by atoms with van der Waals surface area (Å²) in [6, 6.07) is 7.23. The van der Waals surface area contributed by atoms with Crippen molar-refractivity contribution in [2.45, 2.75) is 32.3 Å². The average molecular weight is 347 g/mol. The molecule has 25 heavy (non-hydrogen) atoms. The topological polar surface area (TPSA) is 81.7 Å². The minimum atomic E-state index is -0.801. The molecule has 0 bridgehead atoms. The molecule has 2 amide bonds. The number of aliphatic hydroxyl groups is 1. The number of anilines is 1. The number of carbonyl (C=O) groups is 2. The minimum absolute atomic E-state index is 0.0379. The summed E-state index contributed by atoms with van der Waals surface area (Å²) in [5, 5.41) is 15.4. The van der Waals surface area contributed by atoms with Gasteiger partial charge in [-0.3, -0.25) is 9.59 Å². The molecule has 138 valence electrons. The van der Waals surface area contributed by atoms with Crippen LogP contribution in [0.1, 0.15) is 36.5 Å². The van der Waals surface area contributed by atoms with E-state index in [4.69, 9.17) is 0 Å². The van der Waals surface area contributed by atoms with E-state index in [0.717, 1.165) is 5.69 Å². The van der Waals surface area contributed by atoms with E-state index in [1.165, 1.54) is 12.8 Å². The van der Waals surface area contributed by atoms with Gasteiger partial charge >= 0.3 is 0 Å². The van der Waals surface area contributed by atoms with Gasteiger partial charge in [-0.05, 0) is 48.9 Å². The minimum Gasteiger partial charge on any atom is -0.389 e. The van der Waals surface area contributed by atoms with Crippen LogP contribution in [0.2, 0.25) is 0 Å². The standard InChI is InChI=1S/C19H29N3O3/c1-13(14-4-5-14)10-18(24)20-11-17(23)12-21-19(25)15-6-8-16(9-7-15)22(2)3/h6-9,13-14,17,23H,4-5,10-12H2,1-3H3,(H,20,24)(H,21,25). The van der Waals surface area contributed by atoms with Crippen molar-refractivity contribution in [3.05, 3.63) is 29.8 Å². The van der Waals surface area contributed by atoms with E-state index < -0.39 is 6.10 Å². The Morgan fingerprint density at radius 1 is 1.16 bits per heavy atom. The summed E-state index contributed by atoms with van der Waals surface area (Å²) >= 11 is 0. The lowest BCUT2D eigenvalue weighted by molar-refractivity contribution is -0.122. The molecule has 1 aromatic carbocycles. The molecule has 1 fully saturated rings. The fraction of sp³-hybridized carbons (Fsp3) is 0.579. The van der Waals surface area contributed by atoms with Crippen LogP contribution in [0.4, 0.5) is 5.69 Å². The van der Waals surface area contributed by atoms with Gasteiger partial charge in [-0.25, -0.2) is 0 Å². The molecule has 1 aromatic rings. The van der Waals surface area contributed by atoms with Gasteiger partial charge in [0.05, 0.1) is 6.10 Å². The predicted octanol–water partition coefficient (Wildman–Crippen LogP) is 1.40. The molecule has 2 atom stereocenters. The van der Waals surface area contributed by atoms with Gasteiger partial charge in [-0.15, -0.1) is 0 Å². The molecular weight excluding hydrogens is 318 g/mol. The second-order valence-corrected chi connectivity index (χ2v) is 7.13. The van der Waals surface area contributed by atoms with Crippen molar-refractivity contribution in [1.29, 1.82) is 0 Å². The van der Waals surface area contributed by atoms with E-state index in [1.807, 2.05) is 31.1 Å². The van der Waals surface area contributed by atoms with Crippen LogP contribution in [-0.2, 0) is 4.79 Å². The molecule has 3 N–H and O–H groups in total. The Morgan fingerprint density at radius 2 is 1.76 bits per heavy atom. The van der Waals surface area contributed by atoms with E-state index >= 15 is 0 Å². The van der Waals surface area contributed by atoms with Crippen LogP contribution in [0.25, 0.3) is 0 Å². The molecule has 1 aliphatic carbocycles. The summed E-state index contributed by atoms with van der Waals surface area (Å²) in [5.41, 5.74) is 1.56. The maximum atomic E-state index is 12.1. The van der Waals surface area contributed by atoms with Crippen molar-refractivity contribution in [2.24, 2.45) is 11.8 Å². The van der Waals surface area contributed by atoms with Gasteiger partial charge in [0.25, 0.3) is 5.91 Å². The molecule has 0 aromatic heterocycles. The Kier molecular flexibility index (Phi) is 6.82. The van der Waals surface area contributed by atoms with Crippen LogP contribution in [0.15, 0.2) is 24.3 Å². The average Bonchev–Trinajstić information content (AvgIpc) is 3.43. The number of nitrogens with one attached hydrogen (secondary N) is 2. The zero-order valence-electron chi connectivity index (χ0n) is 15.3. The highest BCUT2D eigenvalue weighted by atomic mass is 16.3. The number of hydrogen-bond acceptors (Lipinski definition) is 4. The van der Waals surface area contributed by atoms with Crippen molar-refractivity contribution in [3.63, 3.8) is 0 Å². The van der Waals surface area contributed by atoms with Gasteiger partial charge < -0.3 is 20.6 Å². The molecule has 6 heteroatoms. The lowest BCUT2D eigenvalue weighted by Gasteiger charge is -2.15. The van der Waals surface area contributed by atoms with E-state index in [1.54, 1.807) is 12.1 Å². The summed E-state index contributed by atoms with van der Waals surface area (Å²) < 4.78 is 0. The molecule has 0 saturated heterocycles. The van der Waals surface area contributed by atoms with Crippen molar-refractivity contribution in [2.75, 3.05) is 32.1 Å². The zero-order chi connectivity index (χ0) is 18.4. The highest BCUT2D eigenvalue weighted by Crippen LogP contribution is 2.37. The largest absolute Gasteiger partial charge is 0.389 e. The summed E-state index contributed by atoms with van der Waals surface area (Å²) in [5.74, 6) is 0.818. The van der Waals surface area contributed by atoms with Gasteiger partial charge in [0.2, 0.25) is 5.91 Å². The smallest absolute Gasteiger partial charge is 0.251 e. The first-order valence-electron chi connectivity index (χ1n) is 8.87. The van der Waals surface area contributed by atoms with Crippen LogP contribution in [-0.4, -0.2) is 50.2 Å². The number of hydrogen-bond donors (Lipinski definition) is 3. The summed E-state index contributed by atoms with van der Waals surface area (Å²) in [4.78, 5) is 25.9. The number of benzene rings is 1. The van der Waals surface area contributed by atoms with Crippen LogP contribution in [0, 0.1) is 11.8 Å². The quantitative estimate of drug-likeness (QED) is 0.631. The first kappa shape index (κ1) is 19.2. The number of amides is 2. The number of nitrogens with zero attached hydrogens (tertiary/aromatic N) is 1. The van der Waals surface area contributed by atoms with Gasteiger partial charge in [0.1, 0.15) is 0 Å². The molecule has 0 heterocycles. The molecular formula is C19H29N3O3. The van der Waals surface area contributed by atoms with E-state index in [-0.39, 0.29) is 24.9 Å². The Bertz CT molecular complexity index is 582. The molecule has 1 saturated carbocycles. The van der Waals surface area contributed by atoms with Gasteiger partial charge in [0, 0.05) is 44.9 Å². The van der Waals surface area contributed by atoms with Crippen LogP contribution in [0.5, 0.6) is 0 Å². The number of aliphatic hydroxyl groups excluding tert-OH is 1. The monoisotopic (exact) mass is 347 g/mol. The Morgan fingerprint density at radius 3 is 2.32 bits per heavy atom. The molecule has 2 rings (SSSR count). The van der Waals surface area contributed by atoms with Gasteiger partial charge in [-0.2, -0.15) is 0 Å². The predicted molar refractivity (Wildman–Crippen MR) is 98.6 cm³/mol. The Hall–Kier alpha value is -2.08. The third-order valence-corrected chi connectivity index (χ3v) is 4.61. The lowest BCUT2D eigenvalue weighted by atomic mass is 10.0. The summed E-state index contributed by atoms with van der Waals surface area (Å²) in [7, 11) is 3.87. The summed E-state index contributed by atoms with van der Waals surface area (Å²) in [6.07, 6.45) is 2.14. The van der Waals surface area contributed by atoms with Crippen LogP contribution >= 0.6 is 0 Å². The van der Waals surface area contributed by atoms with Crippen molar-refractivity contribution >= 4 is 17.5 Å². The third-order valence-electron chi connectivity index (χ3n) is 4.61. The first-order valence-corrected chi connectivity index (χ1v) is 8.87. The third kappa shape index (κ3) is 6.38. The first-order chi connectivity index (χ1) is 11.9. The summed E-state index contributed by atoms with van der Waals surface area (Å²) in [6.45, 7) is 2.35. The van der Waals surface area contributed by atoms with Crippen LogP contribution < -0.4 is 15.5 Å². The zero-order valence-corrected chi connectivity index (χ0v) is 15.3. The Balaban J connectivity index is 1.67. The maximum absolute atomic E-state index is 12.1. The second kappa shape index (κ2) is 8.85. The molecule has 2 unspecified atom stereocenters. The van der Waals surface area contributed by atoms with E-state index in [0.29, 0.717) is 23.8 Å². The molecule has 0 spiro atoms. The van der Waals surface area contributed by atoms with Crippen molar-refractivity contribution < 1.29 is 14.7 Å². The van der Waals surface area contributed by atoms with Crippen molar-refractivity contribution in [1.82, 2.24) is 10.6 Å². The second-order valence-electron chi connectivity index (χ2n) is 7.13. The van der Waals surface area contributed by atoms with Gasteiger partial charge in [-0.1, -0.05) is 6.92 Å². The fourth-order valence-corrected chi connectivity index (χ4v) is 2.72. The molecule has 0 radical (unpaired) electrons. The normalized spacial score (nSPS) is 16.0. The SMILES string of the molecule is CC(CC(=O)NCC(O)CNC(=O)c1ccc(N(C)C)cc1)C1CC1. The lowest BCUT2D eigenvalue weighted by Crippen LogP contribution is -2.40. The fourth-order valence-electron chi connectivity index (χ4n) is 2.72. The molecule has 0 aliphatic heterocycles. The van der Waals surface area contributed by atoms with Crippen molar-refractivity contribution in [3.8, 4) is 0 Å². The maximum Gasteiger partial charge on any atom is 0.251 e. The van der Waals surface area contributed by atoms with E-state index in [2.05, 4.69) is 17.6 Å².